The molecule has 0 bridgehead atoms. The number of nitrogens with one attached hydrogen (secondary N) is 1. The SMILES string of the molecule is CC(=O)c1c(C)nsc1Nc1cc(F)c(Br)cc1C. The zero-order valence-corrected chi connectivity index (χ0v) is 13.1. The van der Waals surface area contributed by atoms with Gasteiger partial charge in [0.25, 0.3) is 0 Å². The molecule has 1 aromatic carbocycles. The van der Waals surface area contributed by atoms with Crippen LogP contribution in [0.1, 0.15) is 28.5 Å². The van der Waals surface area contributed by atoms with Gasteiger partial charge in [-0.2, -0.15) is 4.37 Å². The zero-order valence-electron chi connectivity index (χ0n) is 10.7. The third kappa shape index (κ3) is 2.84. The Morgan fingerprint density at radius 1 is 1.42 bits per heavy atom. The number of anilines is 2. The number of hydrogen-bond donors (Lipinski definition) is 1. The normalized spacial score (nSPS) is 10.6. The van der Waals surface area contributed by atoms with Crippen molar-refractivity contribution in [3.8, 4) is 0 Å². The highest BCUT2D eigenvalue weighted by molar-refractivity contribution is 9.10. The Morgan fingerprint density at radius 3 is 2.74 bits per heavy atom. The van der Waals surface area contributed by atoms with E-state index in [0.29, 0.717) is 26.4 Å². The summed E-state index contributed by atoms with van der Waals surface area (Å²) in [5.41, 5.74) is 2.77. The van der Waals surface area contributed by atoms with E-state index in [4.69, 9.17) is 0 Å². The number of Topliss-reactive ketones (excluding diaryl/α,β-unsaturated/α-hetero) is 1. The lowest BCUT2D eigenvalue weighted by Gasteiger charge is -2.10. The largest absolute Gasteiger partial charge is 0.345 e. The molecule has 19 heavy (non-hydrogen) atoms. The first kappa shape index (κ1) is 14.1. The Labute approximate surface area is 123 Å². The number of carbonyl (C=O) groups excluding carboxylic acids is 1. The van der Waals surface area contributed by atoms with Gasteiger partial charge in [-0.25, -0.2) is 4.39 Å². The van der Waals surface area contributed by atoms with Crippen molar-refractivity contribution in [2.24, 2.45) is 0 Å². The minimum Gasteiger partial charge on any atom is -0.345 e. The molecular formula is C13H12BrFN2OS. The van der Waals surface area contributed by atoms with Crippen LogP contribution in [0.15, 0.2) is 16.6 Å². The van der Waals surface area contributed by atoms with Gasteiger partial charge in [-0.1, -0.05) is 0 Å². The van der Waals surface area contributed by atoms with E-state index < -0.39 is 0 Å². The van der Waals surface area contributed by atoms with Crippen molar-refractivity contribution in [2.75, 3.05) is 5.32 Å². The second kappa shape index (κ2) is 5.38. The zero-order chi connectivity index (χ0) is 14.2. The number of carbonyl (C=O) groups is 1. The van der Waals surface area contributed by atoms with Crippen molar-refractivity contribution < 1.29 is 9.18 Å². The standard InChI is InChI=1S/C13H12BrFN2OS/c1-6-4-9(14)10(15)5-11(6)16-13-12(8(3)18)7(2)17-19-13/h4-5,16H,1-3H3. The van der Waals surface area contributed by atoms with Crippen LogP contribution >= 0.6 is 27.5 Å². The summed E-state index contributed by atoms with van der Waals surface area (Å²) in [5.74, 6) is -0.400. The molecule has 3 nitrogen and oxygen atoms in total. The van der Waals surface area contributed by atoms with Crippen LogP contribution in [-0.4, -0.2) is 10.2 Å². The average molecular weight is 343 g/mol. The van der Waals surface area contributed by atoms with Crippen LogP contribution in [-0.2, 0) is 0 Å². The summed E-state index contributed by atoms with van der Waals surface area (Å²) in [5, 5.41) is 3.73. The number of nitrogens with zero attached hydrogens (tertiary/aromatic N) is 1. The molecule has 0 aliphatic carbocycles. The van der Waals surface area contributed by atoms with Crippen molar-refractivity contribution in [1.82, 2.24) is 4.37 Å². The number of hydrogen-bond acceptors (Lipinski definition) is 4. The molecule has 1 heterocycles. The first-order valence-corrected chi connectivity index (χ1v) is 7.16. The highest BCUT2D eigenvalue weighted by Gasteiger charge is 2.16. The van der Waals surface area contributed by atoms with Gasteiger partial charge in [0, 0.05) is 5.69 Å². The summed E-state index contributed by atoms with van der Waals surface area (Å²) in [4.78, 5) is 11.6. The number of aryl methyl sites for hydroxylation is 2. The van der Waals surface area contributed by atoms with Gasteiger partial charge in [0.15, 0.2) is 5.78 Å². The predicted octanol–water partition coefficient (Wildman–Crippen LogP) is 4.61. The van der Waals surface area contributed by atoms with Gasteiger partial charge in [-0.3, -0.25) is 4.79 Å². The van der Waals surface area contributed by atoms with Gasteiger partial charge in [-0.05, 0) is 65.9 Å². The fraction of sp³-hybridized carbons (Fsp3) is 0.231. The Balaban J connectivity index is 2.42. The lowest BCUT2D eigenvalue weighted by atomic mass is 10.1. The van der Waals surface area contributed by atoms with Crippen molar-refractivity contribution in [2.45, 2.75) is 20.8 Å². The van der Waals surface area contributed by atoms with Crippen LogP contribution in [0.5, 0.6) is 0 Å². The molecule has 100 valence electrons. The van der Waals surface area contributed by atoms with Crippen LogP contribution in [0, 0.1) is 19.7 Å². The maximum absolute atomic E-state index is 13.6. The molecule has 0 aliphatic heterocycles. The highest BCUT2D eigenvalue weighted by Crippen LogP contribution is 2.31. The van der Waals surface area contributed by atoms with Gasteiger partial charge in [0.05, 0.1) is 15.7 Å². The summed E-state index contributed by atoms with van der Waals surface area (Å²) in [6, 6.07) is 3.09. The Hall–Kier alpha value is -1.27. The molecule has 0 spiro atoms. The van der Waals surface area contributed by atoms with Crippen LogP contribution < -0.4 is 5.32 Å². The fourth-order valence-corrected chi connectivity index (χ4v) is 3.09. The molecule has 0 fully saturated rings. The monoisotopic (exact) mass is 342 g/mol. The first-order valence-electron chi connectivity index (χ1n) is 5.60. The molecule has 1 N–H and O–H groups in total. The summed E-state index contributed by atoms with van der Waals surface area (Å²) < 4.78 is 18.1. The molecule has 0 aliphatic rings. The molecule has 0 unspecified atom stereocenters. The lowest BCUT2D eigenvalue weighted by molar-refractivity contribution is 0.101. The summed E-state index contributed by atoms with van der Waals surface area (Å²) in [6.45, 7) is 5.15. The van der Waals surface area contributed by atoms with E-state index in [1.807, 2.05) is 6.92 Å². The molecule has 6 heteroatoms. The van der Waals surface area contributed by atoms with E-state index in [1.54, 1.807) is 13.0 Å². The van der Waals surface area contributed by atoms with Crippen molar-refractivity contribution in [1.29, 1.82) is 0 Å². The highest BCUT2D eigenvalue weighted by atomic mass is 79.9. The second-order valence-corrected chi connectivity index (χ2v) is 5.86. The van der Waals surface area contributed by atoms with E-state index in [9.17, 15) is 9.18 Å². The van der Waals surface area contributed by atoms with Crippen LogP contribution in [0.3, 0.4) is 0 Å². The van der Waals surface area contributed by atoms with E-state index in [-0.39, 0.29) is 11.6 Å². The van der Waals surface area contributed by atoms with Gasteiger partial charge < -0.3 is 5.32 Å². The predicted molar refractivity (Wildman–Crippen MR) is 79.0 cm³/mol. The molecular weight excluding hydrogens is 331 g/mol. The maximum Gasteiger partial charge on any atom is 0.164 e. The quantitative estimate of drug-likeness (QED) is 0.828. The van der Waals surface area contributed by atoms with E-state index >= 15 is 0 Å². The average Bonchev–Trinajstić information content (AvgIpc) is 2.67. The molecule has 2 rings (SSSR count). The number of benzene rings is 1. The summed E-state index contributed by atoms with van der Waals surface area (Å²) >= 11 is 4.34. The Kier molecular flexibility index (Phi) is 4.01. The minimum absolute atomic E-state index is 0.0519. The first-order chi connectivity index (χ1) is 8.90. The van der Waals surface area contributed by atoms with Crippen LogP contribution in [0.2, 0.25) is 0 Å². The van der Waals surface area contributed by atoms with Crippen LogP contribution in [0.4, 0.5) is 15.1 Å². The van der Waals surface area contributed by atoms with Crippen molar-refractivity contribution in [3.05, 3.63) is 39.2 Å². The van der Waals surface area contributed by atoms with E-state index in [1.165, 1.54) is 24.5 Å². The molecule has 0 saturated heterocycles. The summed E-state index contributed by atoms with van der Waals surface area (Å²) in [7, 11) is 0. The molecule has 0 radical (unpaired) electrons. The number of aromatic nitrogens is 1. The third-order valence-corrected chi connectivity index (χ3v) is 4.19. The maximum atomic E-state index is 13.6. The topological polar surface area (TPSA) is 42.0 Å². The molecule has 1 aromatic heterocycles. The van der Waals surface area contributed by atoms with E-state index in [0.717, 1.165) is 5.56 Å². The van der Waals surface area contributed by atoms with Gasteiger partial charge in [0.2, 0.25) is 0 Å². The molecule has 0 atom stereocenters. The van der Waals surface area contributed by atoms with Crippen LogP contribution in [0.25, 0.3) is 0 Å². The van der Waals surface area contributed by atoms with Gasteiger partial charge in [0.1, 0.15) is 10.8 Å². The number of rotatable bonds is 3. The number of halogens is 2. The van der Waals surface area contributed by atoms with Crippen molar-refractivity contribution in [3.63, 3.8) is 0 Å². The Bertz CT molecular complexity index is 654. The smallest absolute Gasteiger partial charge is 0.164 e. The second-order valence-electron chi connectivity index (χ2n) is 4.23. The van der Waals surface area contributed by atoms with Gasteiger partial charge in [-0.15, -0.1) is 0 Å². The molecule has 2 aromatic rings. The molecule has 0 amide bonds. The minimum atomic E-state index is -0.348. The lowest BCUT2D eigenvalue weighted by Crippen LogP contribution is -2.00. The van der Waals surface area contributed by atoms with Crippen molar-refractivity contribution >= 4 is 43.9 Å². The number of ketones is 1. The third-order valence-electron chi connectivity index (χ3n) is 2.73. The van der Waals surface area contributed by atoms with E-state index in [2.05, 4.69) is 25.6 Å². The van der Waals surface area contributed by atoms with Gasteiger partial charge >= 0.3 is 0 Å². The summed E-state index contributed by atoms with van der Waals surface area (Å²) in [6.07, 6.45) is 0. The Morgan fingerprint density at radius 2 is 2.11 bits per heavy atom. The fourth-order valence-electron chi connectivity index (χ4n) is 1.77. The molecule has 0 saturated carbocycles.